The molecule has 5 nitrogen and oxygen atoms in total. The van der Waals surface area contributed by atoms with Gasteiger partial charge < -0.3 is 19.6 Å². The number of ether oxygens (including phenoxy) is 1. The molecule has 5 heteroatoms. The van der Waals surface area contributed by atoms with E-state index in [1.54, 1.807) is 7.11 Å². The number of hydrogen-bond acceptors (Lipinski definition) is 2. The van der Waals surface area contributed by atoms with E-state index < -0.39 is 0 Å². The van der Waals surface area contributed by atoms with Crippen molar-refractivity contribution in [2.45, 2.75) is 6.42 Å². The zero-order valence-corrected chi connectivity index (χ0v) is 14.9. The molecule has 132 valence electrons. The van der Waals surface area contributed by atoms with Gasteiger partial charge in [-0.2, -0.15) is 0 Å². The van der Waals surface area contributed by atoms with Gasteiger partial charge in [-0.25, -0.2) is 0 Å². The molecule has 0 saturated carbocycles. The van der Waals surface area contributed by atoms with Gasteiger partial charge in [0.25, 0.3) is 5.91 Å². The molecule has 0 saturated heterocycles. The Hall–Kier alpha value is -3.21. The largest absolute Gasteiger partial charge is 0.497 e. The highest BCUT2D eigenvalue weighted by Crippen LogP contribution is 2.24. The molecular formula is C21H21N3O2. The van der Waals surface area contributed by atoms with Crippen molar-refractivity contribution in [2.24, 2.45) is 7.05 Å². The Morgan fingerprint density at radius 3 is 2.85 bits per heavy atom. The Morgan fingerprint density at radius 1 is 1.19 bits per heavy atom. The zero-order chi connectivity index (χ0) is 18.1. The maximum absolute atomic E-state index is 12.6. The zero-order valence-electron chi connectivity index (χ0n) is 14.9. The highest BCUT2D eigenvalue weighted by atomic mass is 16.5. The number of H-pyrrole nitrogens is 1. The van der Waals surface area contributed by atoms with Crippen LogP contribution in [0, 0.1) is 0 Å². The molecule has 26 heavy (non-hydrogen) atoms. The molecule has 4 rings (SSSR count). The predicted molar refractivity (Wildman–Crippen MR) is 104 cm³/mol. The number of aromatic nitrogens is 2. The number of para-hydroxylation sites is 1. The van der Waals surface area contributed by atoms with E-state index in [4.69, 9.17) is 4.74 Å². The quantitative estimate of drug-likeness (QED) is 0.579. The number of nitrogens with zero attached hydrogens (tertiary/aromatic N) is 1. The third-order valence-electron chi connectivity index (χ3n) is 4.84. The van der Waals surface area contributed by atoms with Gasteiger partial charge in [0.1, 0.15) is 11.4 Å². The number of nitrogens with one attached hydrogen (secondary N) is 2. The minimum Gasteiger partial charge on any atom is -0.497 e. The average Bonchev–Trinajstić information content (AvgIpc) is 3.23. The topological polar surface area (TPSA) is 59.0 Å². The molecule has 0 atom stereocenters. The third kappa shape index (κ3) is 2.81. The second-order valence-electron chi connectivity index (χ2n) is 6.38. The third-order valence-corrected chi connectivity index (χ3v) is 4.84. The lowest BCUT2D eigenvalue weighted by molar-refractivity contribution is 0.0946. The van der Waals surface area contributed by atoms with Crippen LogP contribution in [-0.2, 0) is 13.5 Å². The highest BCUT2D eigenvalue weighted by molar-refractivity contribution is 5.98. The number of aryl methyl sites for hydroxylation is 1. The van der Waals surface area contributed by atoms with Crippen LogP contribution in [0.15, 0.2) is 54.7 Å². The Morgan fingerprint density at radius 2 is 2.04 bits per heavy atom. The van der Waals surface area contributed by atoms with Crippen LogP contribution >= 0.6 is 0 Å². The summed E-state index contributed by atoms with van der Waals surface area (Å²) < 4.78 is 7.23. The first-order valence-electron chi connectivity index (χ1n) is 8.64. The summed E-state index contributed by atoms with van der Waals surface area (Å²) in [6, 6.07) is 15.9. The highest BCUT2D eigenvalue weighted by Gasteiger charge is 2.13. The van der Waals surface area contributed by atoms with Crippen molar-refractivity contribution in [1.29, 1.82) is 0 Å². The van der Waals surface area contributed by atoms with Crippen LogP contribution in [-0.4, -0.2) is 29.1 Å². The van der Waals surface area contributed by atoms with Gasteiger partial charge in [0.15, 0.2) is 0 Å². The minimum absolute atomic E-state index is 0.0545. The predicted octanol–water partition coefficient (Wildman–Crippen LogP) is 3.64. The van der Waals surface area contributed by atoms with Gasteiger partial charge in [-0.05, 0) is 42.3 Å². The van der Waals surface area contributed by atoms with Gasteiger partial charge in [0, 0.05) is 41.6 Å². The number of benzene rings is 2. The fourth-order valence-electron chi connectivity index (χ4n) is 3.40. The van der Waals surface area contributed by atoms with E-state index in [2.05, 4.69) is 10.3 Å². The molecule has 4 aromatic rings. The molecule has 0 fully saturated rings. The monoisotopic (exact) mass is 347 g/mol. The van der Waals surface area contributed by atoms with E-state index in [9.17, 15) is 4.79 Å². The number of aromatic amines is 1. The van der Waals surface area contributed by atoms with Gasteiger partial charge in [0.2, 0.25) is 0 Å². The summed E-state index contributed by atoms with van der Waals surface area (Å²) in [5.74, 6) is 0.777. The molecule has 2 aromatic heterocycles. The molecule has 1 amide bonds. The van der Waals surface area contributed by atoms with Crippen molar-refractivity contribution in [1.82, 2.24) is 14.9 Å². The van der Waals surface area contributed by atoms with E-state index in [1.165, 1.54) is 0 Å². The smallest absolute Gasteiger partial charge is 0.267 e. The van der Waals surface area contributed by atoms with Crippen molar-refractivity contribution < 1.29 is 9.53 Å². The Balaban J connectivity index is 1.47. The van der Waals surface area contributed by atoms with Gasteiger partial charge in [-0.1, -0.05) is 18.2 Å². The first-order valence-corrected chi connectivity index (χ1v) is 8.64. The molecule has 2 N–H and O–H groups in total. The maximum atomic E-state index is 12.6. The van der Waals surface area contributed by atoms with Crippen LogP contribution in [0.1, 0.15) is 16.1 Å². The minimum atomic E-state index is -0.0545. The van der Waals surface area contributed by atoms with Crippen LogP contribution in [0.5, 0.6) is 5.75 Å². The summed E-state index contributed by atoms with van der Waals surface area (Å²) in [6.07, 6.45) is 2.75. The van der Waals surface area contributed by atoms with Gasteiger partial charge in [0.05, 0.1) is 7.11 Å². The number of carbonyl (C=O) groups is 1. The van der Waals surface area contributed by atoms with Crippen LogP contribution < -0.4 is 10.1 Å². The Kier molecular flexibility index (Phi) is 4.13. The van der Waals surface area contributed by atoms with Crippen LogP contribution in [0.25, 0.3) is 21.8 Å². The number of carbonyl (C=O) groups excluding carboxylic acids is 1. The van der Waals surface area contributed by atoms with Gasteiger partial charge in [-0.15, -0.1) is 0 Å². The molecular weight excluding hydrogens is 326 g/mol. The summed E-state index contributed by atoms with van der Waals surface area (Å²) in [5, 5.41) is 5.23. The molecule has 0 aliphatic carbocycles. The summed E-state index contributed by atoms with van der Waals surface area (Å²) >= 11 is 0. The molecule has 0 unspecified atom stereocenters. The lowest BCUT2D eigenvalue weighted by Gasteiger charge is -2.07. The second kappa shape index (κ2) is 6.59. The fourth-order valence-corrected chi connectivity index (χ4v) is 3.40. The molecule has 0 bridgehead atoms. The number of fused-ring (bicyclic) bond motifs is 2. The van der Waals surface area contributed by atoms with Crippen molar-refractivity contribution >= 4 is 27.7 Å². The van der Waals surface area contributed by atoms with Crippen LogP contribution in [0.4, 0.5) is 0 Å². The lowest BCUT2D eigenvalue weighted by atomic mass is 10.1. The normalized spacial score (nSPS) is 11.2. The van der Waals surface area contributed by atoms with E-state index >= 15 is 0 Å². The summed E-state index contributed by atoms with van der Waals surface area (Å²) in [6.45, 7) is 0.574. The van der Waals surface area contributed by atoms with Crippen LogP contribution in [0.3, 0.4) is 0 Å². The first kappa shape index (κ1) is 16.3. The fraction of sp³-hybridized carbons (Fsp3) is 0.190. The van der Waals surface area contributed by atoms with E-state index in [1.807, 2.05) is 66.3 Å². The molecule has 0 aliphatic heterocycles. The molecule has 0 aliphatic rings. The first-order chi connectivity index (χ1) is 12.7. The Labute approximate surface area is 151 Å². The lowest BCUT2D eigenvalue weighted by Crippen LogP contribution is -2.27. The summed E-state index contributed by atoms with van der Waals surface area (Å²) in [5.41, 5.74) is 3.96. The van der Waals surface area contributed by atoms with E-state index in [-0.39, 0.29) is 5.91 Å². The van der Waals surface area contributed by atoms with E-state index in [0.29, 0.717) is 12.2 Å². The number of hydrogen-bond donors (Lipinski definition) is 2. The second-order valence-corrected chi connectivity index (χ2v) is 6.38. The summed E-state index contributed by atoms with van der Waals surface area (Å²) in [7, 11) is 3.58. The molecule has 0 spiro atoms. The van der Waals surface area contributed by atoms with Crippen LogP contribution in [0.2, 0.25) is 0 Å². The molecule has 2 heterocycles. The van der Waals surface area contributed by atoms with Gasteiger partial charge >= 0.3 is 0 Å². The van der Waals surface area contributed by atoms with Crippen molar-refractivity contribution in [2.75, 3.05) is 13.7 Å². The molecule has 2 aromatic carbocycles. The molecule has 0 radical (unpaired) electrons. The standard InChI is InChI=1S/C21H21N3O2/c1-24-19-6-4-3-5-14(19)11-20(24)21(25)22-10-9-15-13-23-18-8-7-16(26-2)12-17(15)18/h3-8,11-13,23H,9-10H2,1-2H3,(H,22,25). The number of rotatable bonds is 5. The average molecular weight is 347 g/mol. The van der Waals surface area contributed by atoms with Crippen molar-refractivity contribution in [3.63, 3.8) is 0 Å². The SMILES string of the molecule is COc1ccc2[nH]cc(CCNC(=O)c3cc4ccccc4n3C)c2c1. The Bertz CT molecular complexity index is 1090. The van der Waals surface area contributed by atoms with E-state index in [0.717, 1.165) is 39.5 Å². The maximum Gasteiger partial charge on any atom is 0.267 e. The van der Waals surface area contributed by atoms with Crippen molar-refractivity contribution in [3.05, 3.63) is 66.0 Å². The number of methoxy groups -OCH3 is 1. The van der Waals surface area contributed by atoms with Crippen molar-refractivity contribution in [3.8, 4) is 5.75 Å². The summed E-state index contributed by atoms with van der Waals surface area (Å²) in [4.78, 5) is 15.8. The number of amides is 1. The van der Waals surface area contributed by atoms with Gasteiger partial charge in [-0.3, -0.25) is 4.79 Å².